The Morgan fingerprint density at radius 2 is 1.69 bits per heavy atom. The number of aryl methyl sites for hydroxylation is 1. The maximum absolute atomic E-state index is 12.5. The molecule has 1 aromatic heterocycles. The van der Waals surface area contributed by atoms with Crippen LogP contribution >= 0.6 is 0 Å². The van der Waals surface area contributed by atoms with Crippen molar-refractivity contribution in [2.75, 3.05) is 19.4 Å². The Morgan fingerprint density at radius 3 is 2.27 bits per heavy atom. The largest absolute Gasteiger partial charge is 0.335 e. The highest BCUT2D eigenvalue weighted by Gasteiger charge is 2.29. The van der Waals surface area contributed by atoms with Gasteiger partial charge in [0.15, 0.2) is 0 Å². The highest BCUT2D eigenvalue weighted by Crippen LogP contribution is 2.22. The van der Waals surface area contributed by atoms with Crippen LogP contribution in [0.5, 0.6) is 0 Å². The molecule has 13 heteroatoms. The predicted molar refractivity (Wildman–Crippen MR) is 91.2 cm³/mol. The fourth-order valence-electron chi connectivity index (χ4n) is 1.82. The minimum atomic E-state index is -4.48. The topological polar surface area (TPSA) is 151 Å². The molecule has 140 valence electrons. The monoisotopic (exact) mass is 400 g/mol. The van der Waals surface area contributed by atoms with E-state index in [1.165, 1.54) is 32.4 Å². The van der Waals surface area contributed by atoms with Crippen molar-refractivity contribution in [2.45, 2.75) is 16.7 Å². The highest BCUT2D eigenvalue weighted by molar-refractivity contribution is 7.92. The number of amides is 2. The van der Waals surface area contributed by atoms with Crippen molar-refractivity contribution in [2.24, 2.45) is 0 Å². The van der Waals surface area contributed by atoms with Gasteiger partial charge in [0, 0.05) is 14.1 Å². The molecule has 0 saturated heterocycles. The number of nitrogens with one attached hydrogen (secondary N) is 2. The lowest BCUT2D eigenvalue weighted by molar-refractivity contribution is 0.256. The number of hydrogen-bond donors (Lipinski definition) is 2. The molecule has 0 spiro atoms. The number of sulfonamides is 2. The average Bonchev–Trinajstić information content (AvgIpc) is 2.54. The van der Waals surface area contributed by atoms with E-state index >= 15 is 0 Å². The van der Waals surface area contributed by atoms with Crippen molar-refractivity contribution in [3.63, 3.8) is 0 Å². The Kier molecular flexibility index (Phi) is 5.53. The number of urea groups is 1. The summed E-state index contributed by atoms with van der Waals surface area (Å²) in [7, 11) is -5.99. The van der Waals surface area contributed by atoms with E-state index in [0.29, 0.717) is 5.69 Å². The minimum Gasteiger partial charge on any atom is -0.274 e. The van der Waals surface area contributed by atoms with Gasteiger partial charge in [-0.05, 0) is 19.1 Å². The number of anilines is 1. The molecule has 2 aromatic rings. The number of rotatable bonds is 5. The number of nitrogens with zero attached hydrogens (tertiary/aromatic N) is 4. The van der Waals surface area contributed by atoms with E-state index in [2.05, 4.69) is 20.5 Å². The van der Waals surface area contributed by atoms with Crippen molar-refractivity contribution in [3.8, 4) is 0 Å². The molecular weight excluding hydrogens is 384 g/mol. The van der Waals surface area contributed by atoms with Gasteiger partial charge in [-0.1, -0.05) is 12.1 Å². The first kappa shape index (κ1) is 19.7. The third kappa shape index (κ3) is 4.30. The van der Waals surface area contributed by atoms with Gasteiger partial charge in [-0.2, -0.15) is 5.10 Å². The van der Waals surface area contributed by atoms with Gasteiger partial charge in [0.25, 0.3) is 16.0 Å². The fraction of sp³-hybridized carbons (Fsp3) is 0.231. The van der Waals surface area contributed by atoms with Crippen molar-refractivity contribution >= 4 is 32.0 Å². The van der Waals surface area contributed by atoms with Crippen LogP contribution in [0, 0.1) is 6.92 Å². The van der Waals surface area contributed by atoms with Gasteiger partial charge in [-0.3, -0.25) is 5.32 Å². The quantitative estimate of drug-likeness (QED) is 0.708. The summed E-state index contributed by atoms with van der Waals surface area (Å²) in [5.74, 6) is -0.202. The van der Waals surface area contributed by atoms with Crippen LogP contribution in [0.3, 0.4) is 0 Å². The third-order valence-electron chi connectivity index (χ3n) is 3.03. The van der Waals surface area contributed by atoms with Crippen LogP contribution in [-0.2, 0) is 20.0 Å². The number of carbonyl (C=O) groups is 1. The fourth-order valence-corrected chi connectivity index (χ4v) is 4.43. The maximum Gasteiger partial charge on any atom is 0.335 e. The number of aromatic nitrogens is 3. The van der Waals surface area contributed by atoms with E-state index < -0.39 is 35.9 Å². The van der Waals surface area contributed by atoms with Gasteiger partial charge in [-0.15, -0.1) is 5.10 Å². The summed E-state index contributed by atoms with van der Waals surface area (Å²) in [6, 6.07) is 3.78. The smallest absolute Gasteiger partial charge is 0.274 e. The molecule has 11 nitrogen and oxygen atoms in total. The molecule has 2 rings (SSSR count). The third-order valence-corrected chi connectivity index (χ3v) is 6.42. The van der Waals surface area contributed by atoms with Crippen LogP contribution < -0.4 is 10.0 Å². The summed E-state index contributed by atoms with van der Waals surface area (Å²) >= 11 is 0. The van der Waals surface area contributed by atoms with Gasteiger partial charge < -0.3 is 0 Å². The zero-order valence-corrected chi connectivity index (χ0v) is 15.7. The Hall–Kier alpha value is -2.64. The van der Waals surface area contributed by atoms with Crippen molar-refractivity contribution in [3.05, 3.63) is 36.2 Å². The van der Waals surface area contributed by atoms with Gasteiger partial charge in [0.1, 0.15) is 9.79 Å². The molecule has 0 aliphatic heterocycles. The van der Waals surface area contributed by atoms with Gasteiger partial charge in [0.05, 0.1) is 11.9 Å². The molecular formula is C13H16N6O5S2. The summed E-state index contributed by atoms with van der Waals surface area (Å²) in [5, 5.41) is 9.22. The Morgan fingerprint density at radius 1 is 1.08 bits per heavy atom. The van der Waals surface area contributed by atoms with Crippen LogP contribution in [0.1, 0.15) is 5.69 Å². The molecule has 2 amide bonds. The molecule has 0 bridgehead atoms. The van der Waals surface area contributed by atoms with Crippen LogP contribution in [0.15, 0.2) is 40.3 Å². The molecule has 0 aliphatic rings. The normalized spacial score (nSPS) is 12.0. The maximum atomic E-state index is 12.5. The molecule has 0 radical (unpaired) electrons. The lowest BCUT2D eigenvalue weighted by Crippen LogP contribution is -2.36. The second-order valence-electron chi connectivity index (χ2n) is 5.22. The van der Waals surface area contributed by atoms with Crippen molar-refractivity contribution < 1.29 is 21.6 Å². The Balaban J connectivity index is 2.33. The van der Waals surface area contributed by atoms with Gasteiger partial charge in [0.2, 0.25) is 10.0 Å². The standard InChI is InChI=1S/C13H16N6O5S2/c1-9-8-14-17-12(15-9)16-13(20)18-25(21,22)10-6-4-5-7-11(10)26(23,24)19(2)3/h4-8H,1-3H3,(H2,15,16,17,18,20). The van der Waals surface area contributed by atoms with Crippen LogP contribution in [-0.4, -0.2) is 56.4 Å². The second-order valence-corrected chi connectivity index (χ2v) is 8.99. The van der Waals surface area contributed by atoms with E-state index in [9.17, 15) is 21.6 Å². The molecule has 0 fully saturated rings. The van der Waals surface area contributed by atoms with Crippen LogP contribution in [0.4, 0.5) is 10.7 Å². The lowest BCUT2D eigenvalue weighted by Gasteiger charge is -2.15. The van der Waals surface area contributed by atoms with Crippen molar-refractivity contribution in [1.82, 2.24) is 24.2 Å². The minimum absolute atomic E-state index is 0.202. The average molecular weight is 400 g/mol. The highest BCUT2D eigenvalue weighted by atomic mass is 32.2. The SMILES string of the molecule is Cc1cnnc(NC(=O)NS(=O)(=O)c2ccccc2S(=O)(=O)N(C)C)n1. The van der Waals surface area contributed by atoms with Crippen LogP contribution in [0.25, 0.3) is 0 Å². The molecule has 1 heterocycles. The Labute approximate surface area is 150 Å². The number of carbonyl (C=O) groups excluding carboxylic acids is 1. The van der Waals surface area contributed by atoms with Crippen molar-refractivity contribution in [1.29, 1.82) is 0 Å². The zero-order valence-electron chi connectivity index (χ0n) is 14.0. The summed E-state index contributed by atoms with van der Waals surface area (Å²) in [6.07, 6.45) is 1.35. The number of benzene rings is 1. The molecule has 0 unspecified atom stereocenters. The first-order valence-corrected chi connectivity index (χ1v) is 9.98. The number of hydrogen-bond acceptors (Lipinski definition) is 8. The molecule has 1 aromatic carbocycles. The molecule has 0 saturated carbocycles. The van der Waals surface area contributed by atoms with Gasteiger partial charge in [-0.25, -0.2) is 35.6 Å². The van der Waals surface area contributed by atoms with E-state index in [0.717, 1.165) is 16.4 Å². The van der Waals surface area contributed by atoms with E-state index in [4.69, 9.17) is 0 Å². The molecule has 0 atom stereocenters. The summed E-state index contributed by atoms with van der Waals surface area (Å²) in [5.41, 5.74) is 0.459. The lowest BCUT2D eigenvalue weighted by atomic mass is 10.4. The molecule has 2 N–H and O–H groups in total. The summed E-state index contributed by atoms with van der Waals surface area (Å²) < 4.78 is 52.2. The molecule has 26 heavy (non-hydrogen) atoms. The first-order chi connectivity index (χ1) is 12.0. The zero-order chi connectivity index (χ0) is 19.5. The first-order valence-electron chi connectivity index (χ1n) is 7.06. The molecule has 0 aliphatic carbocycles. The second kappa shape index (κ2) is 7.31. The summed E-state index contributed by atoms with van der Waals surface area (Å²) in [6.45, 7) is 1.61. The summed E-state index contributed by atoms with van der Waals surface area (Å²) in [4.78, 5) is 14.8. The van der Waals surface area contributed by atoms with Gasteiger partial charge >= 0.3 is 6.03 Å². The van der Waals surface area contributed by atoms with E-state index in [-0.39, 0.29) is 5.95 Å². The van der Waals surface area contributed by atoms with Crippen LogP contribution in [0.2, 0.25) is 0 Å². The Bertz CT molecular complexity index is 1040. The predicted octanol–water partition coefficient (Wildman–Crippen LogP) is -0.0593. The van der Waals surface area contributed by atoms with E-state index in [1.54, 1.807) is 11.6 Å². The van der Waals surface area contributed by atoms with E-state index in [1.807, 2.05) is 0 Å².